The largest absolute Gasteiger partial charge is 0.325 e. The summed E-state index contributed by atoms with van der Waals surface area (Å²) >= 11 is 6.03. The zero-order valence-corrected chi connectivity index (χ0v) is 12.0. The molecular formula is C16H14ClN3O. The molecule has 0 radical (unpaired) electrons. The molecule has 0 aliphatic rings. The van der Waals surface area contributed by atoms with E-state index in [1.165, 1.54) is 0 Å². The number of nitriles is 1. The molecule has 2 rings (SSSR count). The van der Waals surface area contributed by atoms with Crippen LogP contribution in [0.15, 0.2) is 48.5 Å². The van der Waals surface area contributed by atoms with Gasteiger partial charge >= 0.3 is 0 Å². The van der Waals surface area contributed by atoms with Gasteiger partial charge in [-0.2, -0.15) is 5.26 Å². The van der Waals surface area contributed by atoms with Gasteiger partial charge in [-0.05, 0) is 35.9 Å². The molecule has 0 bridgehead atoms. The molecule has 1 amide bonds. The van der Waals surface area contributed by atoms with Crippen molar-refractivity contribution in [3.63, 3.8) is 0 Å². The Balaban J connectivity index is 1.80. The molecule has 0 spiro atoms. The molecule has 2 aromatic rings. The van der Waals surface area contributed by atoms with Gasteiger partial charge in [-0.3, -0.25) is 4.79 Å². The lowest BCUT2D eigenvalue weighted by Crippen LogP contribution is -2.27. The number of carbonyl (C=O) groups excluding carboxylic acids is 1. The normalized spacial score (nSPS) is 9.90. The van der Waals surface area contributed by atoms with Crippen LogP contribution in [0.3, 0.4) is 0 Å². The Hall–Kier alpha value is -2.35. The van der Waals surface area contributed by atoms with Crippen molar-refractivity contribution < 1.29 is 4.79 Å². The Kier molecular flexibility index (Phi) is 5.33. The summed E-state index contributed by atoms with van der Waals surface area (Å²) in [6.07, 6.45) is 0. The van der Waals surface area contributed by atoms with Crippen molar-refractivity contribution in [2.45, 2.75) is 6.54 Å². The highest BCUT2D eigenvalue weighted by molar-refractivity contribution is 6.31. The van der Waals surface area contributed by atoms with Gasteiger partial charge in [-0.1, -0.05) is 29.8 Å². The second kappa shape index (κ2) is 7.44. The van der Waals surface area contributed by atoms with Crippen LogP contribution in [0.2, 0.25) is 5.02 Å². The van der Waals surface area contributed by atoms with Crippen molar-refractivity contribution in [3.8, 4) is 6.07 Å². The Labute approximate surface area is 128 Å². The van der Waals surface area contributed by atoms with Crippen LogP contribution in [-0.2, 0) is 11.3 Å². The van der Waals surface area contributed by atoms with E-state index in [9.17, 15) is 4.79 Å². The number of halogens is 1. The second-order valence-corrected chi connectivity index (χ2v) is 4.84. The first kappa shape index (κ1) is 15.0. The Morgan fingerprint density at radius 3 is 2.52 bits per heavy atom. The Morgan fingerprint density at radius 1 is 1.14 bits per heavy atom. The van der Waals surface area contributed by atoms with Gasteiger partial charge in [0.2, 0.25) is 5.91 Å². The minimum atomic E-state index is -0.147. The molecular weight excluding hydrogens is 286 g/mol. The third-order valence-corrected chi connectivity index (χ3v) is 3.23. The highest BCUT2D eigenvalue weighted by Crippen LogP contribution is 2.14. The highest BCUT2D eigenvalue weighted by atomic mass is 35.5. The molecule has 5 heteroatoms. The Bertz CT molecular complexity index is 662. The van der Waals surface area contributed by atoms with E-state index in [1.807, 2.05) is 30.3 Å². The van der Waals surface area contributed by atoms with Crippen LogP contribution in [0.1, 0.15) is 11.1 Å². The number of nitrogens with zero attached hydrogens (tertiary/aromatic N) is 1. The molecule has 0 aliphatic heterocycles. The van der Waals surface area contributed by atoms with Crippen LogP contribution < -0.4 is 10.6 Å². The van der Waals surface area contributed by atoms with E-state index in [1.54, 1.807) is 24.3 Å². The third-order valence-electron chi connectivity index (χ3n) is 2.86. The first-order valence-corrected chi connectivity index (χ1v) is 6.81. The maximum Gasteiger partial charge on any atom is 0.238 e. The number of nitrogens with one attached hydrogen (secondary N) is 2. The van der Waals surface area contributed by atoms with Crippen molar-refractivity contribution in [1.29, 1.82) is 5.26 Å². The van der Waals surface area contributed by atoms with Crippen LogP contribution in [0.5, 0.6) is 0 Å². The summed E-state index contributed by atoms with van der Waals surface area (Å²) < 4.78 is 0. The van der Waals surface area contributed by atoms with Gasteiger partial charge in [0, 0.05) is 17.3 Å². The number of hydrogen-bond donors (Lipinski definition) is 2. The smallest absolute Gasteiger partial charge is 0.238 e. The summed E-state index contributed by atoms with van der Waals surface area (Å²) in [5, 5.41) is 15.2. The summed E-state index contributed by atoms with van der Waals surface area (Å²) in [6, 6.07) is 16.2. The highest BCUT2D eigenvalue weighted by Gasteiger charge is 2.03. The quantitative estimate of drug-likeness (QED) is 0.892. The standard InChI is InChI=1S/C16H14ClN3O/c17-15-4-2-1-3-13(15)10-19-11-16(21)20-14-7-5-12(9-18)6-8-14/h1-8,19H,10-11H2,(H,20,21). The molecule has 106 valence electrons. The van der Waals surface area contributed by atoms with Gasteiger partial charge in [0.25, 0.3) is 0 Å². The van der Waals surface area contributed by atoms with Crippen molar-refractivity contribution in [1.82, 2.24) is 5.32 Å². The van der Waals surface area contributed by atoms with E-state index in [2.05, 4.69) is 10.6 Å². The lowest BCUT2D eigenvalue weighted by Gasteiger charge is -2.08. The number of amides is 1. The van der Waals surface area contributed by atoms with Gasteiger partial charge in [0.15, 0.2) is 0 Å². The van der Waals surface area contributed by atoms with Gasteiger partial charge < -0.3 is 10.6 Å². The fraction of sp³-hybridized carbons (Fsp3) is 0.125. The van der Waals surface area contributed by atoms with Crippen molar-refractivity contribution in [2.75, 3.05) is 11.9 Å². The van der Waals surface area contributed by atoms with E-state index in [4.69, 9.17) is 16.9 Å². The average Bonchev–Trinajstić information content (AvgIpc) is 2.50. The van der Waals surface area contributed by atoms with Gasteiger partial charge in [0.05, 0.1) is 18.2 Å². The minimum absolute atomic E-state index is 0.147. The molecule has 2 aromatic carbocycles. The molecule has 0 unspecified atom stereocenters. The van der Waals surface area contributed by atoms with E-state index in [-0.39, 0.29) is 12.5 Å². The lowest BCUT2D eigenvalue weighted by molar-refractivity contribution is -0.115. The maximum atomic E-state index is 11.8. The Morgan fingerprint density at radius 2 is 1.86 bits per heavy atom. The maximum absolute atomic E-state index is 11.8. The predicted molar refractivity (Wildman–Crippen MR) is 82.9 cm³/mol. The minimum Gasteiger partial charge on any atom is -0.325 e. The van der Waals surface area contributed by atoms with Crippen LogP contribution in [0.4, 0.5) is 5.69 Å². The van der Waals surface area contributed by atoms with Crippen LogP contribution in [-0.4, -0.2) is 12.5 Å². The number of carbonyl (C=O) groups is 1. The first-order chi connectivity index (χ1) is 10.2. The van der Waals surface area contributed by atoms with E-state index in [0.29, 0.717) is 22.8 Å². The van der Waals surface area contributed by atoms with Crippen molar-refractivity contribution in [3.05, 3.63) is 64.7 Å². The summed E-state index contributed by atoms with van der Waals surface area (Å²) in [7, 11) is 0. The van der Waals surface area contributed by atoms with E-state index >= 15 is 0 Å². The third kappa shape index (κ3) is 4.60. The zero-order valence-electron chi connectivity index (χ0n) is 11.3. The monoisotopic (exact) mass is 299 g/mol. The van der Waals surface area contributed by atoms with E-state index < -0.39 is 0 Å². The molecule has 4 nitrogen and oxygen atoms in total. The molecule has 21 heavy (non-hydrogen) atoms. The summed E-state index contributed by atoms with van der Waals surface area (Å²) in [5.41, 5.74) is 2.17. The fourth-order valence-corrected chi connectivity index (χ4v) is 1.99. The molecule has 0 saturated heterocycles. The number of rotatable bonds is 5. The average molecular weight is 300 g/mol. The molecule has 0 aromatic heterocycles. The van der Waals surface area contributed by atoms with Gasteiger partial charge in [-0.25, -0.2) is 0 Å². The molecule has 0 heterocycles. The van der Waals surface area contributed by atoms with Gasteiger partial charge in [0.1, 0.15) is 0 Å². The predicted octanol–water partition coefficient (Wildman–Crippen LogP) is 2.94. The molecule has 0 atom stereocenters. The molecule has 0 saturated carbocycles. The van der Waals surface area contributed by atoms with Gasteiger partial charge in [-0.15, -0.1) is 0 Å². The van der Waals surface area contributed by atoms with Crippen molar-refractivity contribution in [2.24, 2.45) is 0 Å². The first-order valence-electron chi connectivity index (χ1n) is 6.43. The van der Waals surface area contributed by atoms with Crippen molar-refractivity contribution >= 4 is 23.2 Å². The SMILES string of the molecule is N#Cc1ccc(NC(=O)CNCc2ccccc2Cl)cc1. The summed E-state index contributed by atoms with van der Waals surface area (Å²) in [4.78, 5) is 11.8. The fourth-order valence-electron chi connectivity index (χ4n) is 1.79. The zero-order chi connectivity index (χ0) is 15.1. The summed E-state index contributed by atoms with van der Waals surface area (Å²) in [5.74, 6) is -0.147. The second-order valence-electron chi connectivity index (χ2n) is 4.43. The van der Waals surface area contributed by atoms with Crippen LogP contribution >= 0.6 is 11.6 Å². The number of anilines is 1. The number of benzene rings is 2. The van der Waals surface area contributed by atoms with E-state index in [0.717, 1.165) is 5.56 Å². The molecule has 2 N–H and O–H groups in total. The molecule has 0 fully saturated rings. The number of hydrogen-bond acceptors (Lipinski definition) is 3. The van der Waals surface area contributed by atoms with Crippen LogP contribution in [0.25, 0.3) is 0 Å². The summed E-state index contributed by atoms with van der Waals surface area (Å²) in [6.45, 7) is 0.714. The lowest BCUT2D eigenvalue weighted by atomic mass is 10.2. The molecule has 0 aliphatic carbocycles. The topological polar surface area (TPSA) is 64.9 Å². The van der Waals surface area contributed by atoms with Crippen LogP contribution in [0, 0.1) is 11.3 Å².